The number of ether oxygens (including phenoxy) is 1. The van der Waals surface area contributed by atoms with E-state index in [-0.39, 0.29) is 11.9 Å². The average molecular weight is 405 g/mol. The molecule has 2 aromatic heterocycles. The summed E-state index contributed by atoms with van der Waals surface area (Å²) in [5.41, 5.74) is 4.96. The second-order valence-corrected chi connectivity index (χ2v) is 8.02. The SMILES string of the molecule is CCC(CC(C)c1ccc(C[n+]2ccc(-c3cc[n+](C)cc3)cc2)cc1)C(=O)OC. The van der Waals surface area contributed by atoms with Gasteiger partial charge in [0.1, 0.15) is 7.05 Å². The maximum atomic E-state index is 11.9. The van der Waals surface area contributed by atoms with Crippen molar-refractivity contribution in [2.24, 2.45) is 13.0 Å². The summed E-state index contributed by atoms with van der Waals surface area (Å²) in [6.45, 7) is 5.05. The van der Waals surface area contributed by atoms with Crippen LogP contribution in [-0.2, 0) is 23.1 Å². The van der Waals surface area contributed by atoms with Crippen molar-refractivity contribution in [1.82, 2.24) is 0 Å². The summed E-state index contributed by atoms with van der Waals surface area (Å²) < 4.78 is 9.15. The molecule has 4 heteroatoms. The maximum absolute atomic E-state index is 11.9. The molecule has 30 heavy (non-hydrogen) atoms. The summed E-state index contributed by atoms with van der Waals surface area (Å²) in [5.74, 6) is 0.179. The molecule has 3 rings (SSSR count). The number of esters is 1. The normalized spacial score (nSPS) is 12.9. The van der Waals surface area contributed by atoms with Crippen LogP contribution >= 0.6 is 0 Å². The first-order valence-electron chi connectivity index (χ1n) is 10.6. The number of benzene rings is 1. The lowest BCUT2D eigenvalue weighted by Crippen LogP contribution is -2.33. The van der Waals surface area contributed by atoms with Crippen molar-refractivity contribution in [3.63, 3.8) is 0 Å². The summed E-state index contributed by atoms with van der Waals surface area (Å²) in [4.78, 5) is 11.9. The van der Waals surface area contributed by atoms with E-state index in [0.29, 0.717) is 5.92 Å². The molecule has 0 saturated heterocycles. The Balaban J connectivity index is 1.62. The minimum absolute atomic E-state index is 0.0362. The first-order chi connectivity index (χ1) is 14.5. The zero-order chi connectivity index (χ0) is 21.5. The predicted octanol–water partition coefficient (Wildman–Crippen LogP) is 4.21. The van der Waals surface area contributed by atoms with Crippen molar-refractivity contribution in [2.45, 2.75) is 39.2 Å². The Morgan fingerprint density at radius 1 is 0.933 bits per heavy atom. The molecule has 0 spiro atoms. The number of aromatic nitrogens is 2. The average Bonchev–Trinajstić information content (AvgIpc) is 2.78. The topological polar surface area (TPSA) is 34.1 Å². The summed E-state index contributed by atoms with van der Waals surface area (Å²) in [5, 5.41) is 0. The van der Waals surface area contributed by atoms with E-state index in [1.807, 2.05) is 18.5 Å². The molecule has 4 nitrogen and oxygen atoms in total. The molecule has 156 valence electrons. The zero-order valence-corrected chi connectivity index (χ0v) is 18.4. The van der Waals surface area contributed by atoms with E-state index >= 15 is 0 Å². The van der Waals surface area contributed by atoms with Gasteiger partial charge in [0, 0.05) is 29.8 Å². The van der Waals surface area contributed by atoms with Crippen molar-refractivity contribution in [1.29, 1.82) is 0 Å². The molecule has 0 saturated carbocycles. The van der Waals surface area contributed by atoms with E-state index in [4.69, 9.17) is 4.74 Å². The van der Waals surface area contributed by atoms with Gasteiger partial charge in [-0.1, -0.05) is 38.1 Å². The van der Waals surface area contributed by atoms with Crippen LogP contribution < -0.4 is 9.13 Å². The molecular weight excluding hydrogens is 372 g/mol. The number of carbonyl (C=O) groups is 1. The van der Waals surface area contributed by atoms with E-state index in [1.165, 1.54) is 29.4 Å². The molecule has 0 aliphatic heterocycles. The van der Waals surface area contributed by atoms with Crippen molar-refractivity contribution in [2.75, 3.05) is 7.11 Å². The van der Waals surface area contributed by atoms with Gasteiger partial charge >= 0.3 is 5.97 Å². The maximum Gasteiger partial charge on any atom is 0.308 e. The van der Waals surface area contributed by atoms with Crippen LogP contribution in [0.25, 0.3) is 11.1 Å². The highest BCUT2D eigenvalue weighted by Crippen LogP contribution is 2.26. The third-order valence-electron chi connectivity index (χ3n) is 5.78. The standard InChI is InChI=1S/C26H32N2O2/c1-5-22(26(29)30-4)18-20(2)23-8-6-21(7-9-23)19-28-16-12-25(13-17-28)24-10-14-27(3)15-11-24/h6-17,20,22H,5,18-19H2,1-4H3/q+2. The molecule has 0 aliphatic rings. The summed E-state index contributed by atoms with van der Waals surface area (Å²) in [6.07, 6.45) is 10.0. The number of aryl methyl sites for hydroxylation is 1. The quantitative estimate of drug-likeness (QED) is 0.416. The molecule has 0 amide bonds. The van der Waals surface area contributed by atoms with Crippen molar-refractivity contribution in [3.05, 3.63) is 84.4 Å². The fourth-order valence-electron chi connectivity index (χ4n) is 3.77. The van der Waals surface area contributed by atoms with Gasteiger partial charge in [0.05, 0.1) is 13.0 Å². The second kappa shape index (κ2) is 10.1. The fourth-order valence-corrected chi connectivity index (χ4v) is 3.77. The number of nitrogens with zero attached hydrogens (tertiary/aromatic N) is 2. The minimum atomic E-state index is -0.106. The van der Waals surface area contributed by atoms with Crippen molar-refractivity contribution >= 4 is 5.97 Å². The van der Waals surface area contributed by atoms with Gasteiger partial charge in [-0.25, -0.2) is 9.13 Å². The van der Waals surface area contributed by atoms with Crippen LogP contribution in [0, 0.1) is 5.92 Å². The van der Waals surface area contributed by atoms with Gasteiger partial charge in [-0.05, 0) is 35.4 Å². The monoisotopic (exact) mass is 404 g/mol. The van der Waals surface area contributed by atoms with Gasteiger partial charge in [-0.3, -0.25) is 4.79 Å². The van der Waals surface area contributed by atoms with Crippen LogP contribution in [0.15, 0.2) is 73.3 Å². The first kappa shape index (κ1) is 21.7. The van der Waals surface area contributed by atoms with Gasteiger partial charge in [0.25, 0.3) is 0 Å². The van der Waals surface area contributed by atoms with Crippen LogP contribution in [0.3, 0.4) is 0 Å². The Labute approximate surface area is 179 Å². The van der Waals surface area contributed by atoms with Gasteiger partial charge < -0.3 is 4.74 Å². The van der Waals surface area contributed by atoms with E-state index in [1.54, 1.807) is 0 Å². The molecule has 2 heterocycles. The van der Waals surface area contributed by atoms with E-state index in [2.05, 4.69) is 84.8 Å². The molecular formula is C26H32N2O2+2. The number of carbonyl (C=O) groups excluding carboxylic acids is 1. The lowest BCUT2D eigenvalue weighted by molar-refractivity contribution is -0.688. The summed E-state index contributed by atoms with van der Waals surface area (Å²) in [7, 11) is 3.49. The van der Waals surface area contributed by atoms with Crippen molar-refractivity contribution in [3.8, 4) is 11.1 Å². The molecule has 0 bridgehead atoms. The van der Waals surface area contributed by atoms with Gasteiger partial charge in [0.2, 0.25) is 0 Å². The molecule has 0 aliphatic carbocycles. The Hall–Kier alpha value is -3.01. The van der Waals surface area contributed by atoms with E-state index in [0.717, 1.165) is 19.4 Å². The van der Waals surface area contributed by atoms with Gasteiger partial charge in [-0.2, -0.15) is 0 Å². The third-order valence-corrected chi connectivity index (χ3v) is 5.78. The van der Waals surface area contributed by atoms with Crippen LogP contribution in [-0.4, -0.2) is 13.1 Å². The fraction of sp³-hybridized carbons (Fsp3) is 0.346. The van der Waals surface area contributed by atoms with E-state index < -0.39 is 0 Å². The molecule has 3 aromatic rings. The number of hydrogen-bond acceptors (Lipinski definition) is 2. The van der Waals surface area contributed by atoms with Gasteiger partial charge in [0.15, 0.2) is 31.3 Å². The number of hydrogen-bond donors (Lipinski definition) is 0. The van der Waals surface area contributed by atoms with Crippen LogP contribution in [0.4, 0.5) is 0 Å². The summed E-state index contributed by atoms with van der Waals surface area (Å²) >= 11 is 0. The first-order valence-corrected chi connectivity index (χ1v) is 10.6. The molecule has 0 radical (unpaired) electrons. The Kier molecular flexibility index (Phi) is 7.34. The second-order valence-electron chi connectivity index (χ2n) is 8.02. The van der Waals surface area contributed by atoms with Crippen molar-refractivity contribution < 1.29 is 18.7 Å². The number of pyridine rings is 2. The molecule has 2 atom stereocenters. The Morgan fingerprint density at radius 3 is 2.03 bits per heavy atom. The highest BCUT2D eigenvalue weighted by Gasteiger charge is 2.20. The highest BCUT2D eigenvalue weighted by atomic mass is 16.5. The number of methoxy groups -OCH3 is 1. The Bertz CT molecular complexity index is 948. The van der Waals surface area contributed by atoms with Gasteiger partial charge in [-0.15, -0.1) is 0 Å². The smallest absolute Gasteiger partial charge is 0.308 e. The Morgan fingerprint density at radius 2 is 1.50 bits per heavy atom. The lowest BCUT2D eigenvalue weighted by atomic mass is 9.88. The minimum Gasteiger partial charge on any atom is -0.469 e. The zero-order valence-electron chi connectivity index (χ0n) is 18.4. The van der Waals surface area contributed by atoms with Crippen LogP contribution in [0.5, 0.6) is 0 Å². The third kappa shape index (κ3) is 5.53. The highest BCUT2D eigenvalue weighted by molar-refractivity contribution is 5.72. The largest absolute Gasteiger partial charge is 0.469 e. The lowest BCUT2D eigenvalue weighted by Gasteiger charge is -2.18. The molecule has 2 unspecified atom stereocenters. The predicted molar refractivity (Wildman–Crippen MR) is 118 cm³/mol. The molecule has 1 aromatic carbocycles. The number of rotatable bonds is 8. The van der Waals surface area contributed by atoms with E-state index in [9.17, 15) is 4.79 Å². The molecule has 0 fully saturated rings. The molecule has 0 N–H and O–H groups in total. The summed E-state index contributed by atoms with van der Waals surface area (Å²) in [6, 6.07) is 17.3. The van der Waals surface area contributed by atoms with Crippen LogP contribution in [0.2, 0.25) is 0 Å². The van der Waals surface area contributed by atoms with Crippen LogP contribution in [0.1, 0.15) is 43.7 Å².